The highest BCUT2D eigenvalue weighted by atomic mass is 32.1. The van der Waals surface area contributed by atoms with Crippen LogP contribution in [0.15, 0.2) is 11.6 Å². The van der Waals surface area contributed by atoms with E-state index in [1.54, 1.807) is 11.3 Å². The number of amides is 1. The molecule has 0 unspecified atom stereocenters. The standard InChI is InChI=1S/C20H30N2O3S/c1-15(24-13-20-6-2-17(3-7-20)25-14-20)12-18(23)22-9-4-16(5-10-22)19-21-8-11-26-19/h8,11,15-17H,2-7,9-10,12-14H2,1H3/t15-,17?,20?/m1/s1. The van der Waals surface area contributed by atoms with E-state index in [9.17, 15) is 4.79 Å². The number of hydrogen-bond donors (Lipinski definition) is 0. The van der Waals surface area contributed by atoms with Crippen molar-refractivity contribution >= 4 is 17.2 Å². The van der Waals surface area contributed by atoms with Crippen LogP contribution in [0.5, 0.6) is 0 Å². The summed E-state index contributed by atoms with van der Waals surface area (Å²) < 4.78 is 12.0. The van der Waals surface area contributed by atoms with Crippen LogP contribution in [0.1, 0.15) is 62.8 Å². The van der Waals surface area contributed by atoms with E-state index in [1.807, 2.05) is 23.4 Å². The van der Waals surface area contributed by atoms with Gasteiger partial charge in [0, 0.05) is 36.0 Å². The van der Waals surface area contributed by atoms with Gasteiger partial charge in [-0.3, -0.25) is 4.79 Å². The van der Waals surface area contributed by atoms with Crippen molar-refractivity contribution in [3.8, 4) is 0 Å². The Balaban J connectivity index is 1.20. The molecule has 1 amide bonds. The number of fused-ring (bicyclic) bond motifs is 3. The third-order valence-corrected chi connectivity index (χ3v) is 7.34. The third kappa shape index (κ3) is 4.12. The van der Waals surface area contributed by atoms with Crippen LogP contribution in [-0.2, 0) is 14.3 Å². The minimum Gasteiger partial charge on any atom is -0.378 e. The van der Waals surface area contributed by atoms with E-state index in [0.29, 0.717) is 18.4 Å². The van der Waals surface area contributed by atoms with E-state index in [0.717, 1.165) is 39.1 Å². The van der Waals surface area contributed by atoms with Crippen molar-refractivity contribution in [3.05, 3.63) is 16.6 Å². The molecular formula is C20H30N2O3S. The topological polar surface area (TPSA) is 51.7 Å². The number of nitrogens with zero attached hydrogens (tertiary/aromatic N) is 2. The minimum absolute atomic E-state index is 0.0202. The number of piperidine rings is 1. The molecule has 1 aromatic rings. The molecule has 3 saturated heterocycles. The molecule has 0 spiro atoms. The zero-order valence-corrected chi connectivity index (χ0v) is 16.5. The molecule has 26 heavy (non-hydrogen) atoms. The Hall–Kier alpha value is -0.980. The normalized spacial score (nSPS) is 30.5. The Morgan fingerprint density at radius 2 is 2.15 bits per heavy atom. The van der Waals surface area contributed by atoms with Crippen LogP contribution >= 0.6 is 11.3 Å². The van der Waals surface area contributed by atoms with Gasteiger partial charge in [0.1, 0.15) is 0 Å². The van der Waals surface area contributed by atoms with E-state index in [2.05, 4.69) is 4.98 Å². The van der Waals surface area contributed by atoms with Crippen molar-refractivity contribution in [2.75, 3.05) is 26.3 Å². The SMILES string of the molecule is C[C@H](CC(=O)N1CCC(c2nccs2)CC1)OCC12CCC(CC1)OC2. The van der Waals surface area contributed by atoms with Crippen LogP contribution in [0.25, 0.3) is 0 Å². The van der Waals surface area contributed by atoms with Gasteiger partial charge < -0.3 is 14.4 Å². The van der Waals surface area contributed by atoms with Crippen molar-refractivity contribution < 1.29 is 14.3 Å². The van der Waals surface area contributed by atoms with E-state index in [1.165, 1.54) is 30.7 Å². The fraction of sp³-hybridized carbons (Fsp3) is 0.800. The predicted octanol–water partition coefficient (Wildman–Crippen LogP) is 3.60. The number of likely N-dealkylation sites (tertiary alicyclic amines) is 1. The molecule has 4 heterocycles. The molecule has 144 valence electrons. The quantitative estimate of drug-likeness (QED) is 0.759. The number of carbonyl (C=O) groups is 1. The van der Waals surface area contributed by atoms with Gasteiger partial charge >= 0.3 is 0 Å². The average Bonchev–Trinajstić information content (AvgIpc) is 3.23. The monoisotopic (exact) mass is 378 g/mol. The van der Waals surface area contributed by atoms with Gasteiger partial charge in [-0.15, -0.1) is 11.3 Å². The molecule has 5 nitrogen and oxygen atoms in total. The van der Waals surface area contributed by atoms with E-state index >= 15 is 0 Å². The number of aromatic nitrogens is 1. The summed E-state index contributed by atoms with van der Waals surface area (Å²) in [5, 5.41) is 3.26. The minimum atomic E-state index is -0.0202. The zero-order valence-electron chi connectivity index (χ0n) is 15.7. The molecule has 4 aliphatic rings. The first-order chi connectivity index (χ1) is 12.6. The van der Waals surface area contributed by atoms with Crippen LogP contribution < -0.4 is 0 Å². The van der Waals surface area contributed by atoms with Crippen molar-refractivity contribution in [2.24, 2.45) is 5.41 Å². The Bertz CT molecular complexity index is 576. The maximum absolute atomic E-state index is 12.6. The van der Waals surface area contributed by atoms with Gasteiger partial charge in [-0.25, -0.2) is 4.98 Å². The molecule has 6 heteroatoms. The molecule has 1 atom stereocenters. The molecule has 4 fully saturated rings. The lowest BCUT2D eigenvalue weighted by atomic mass is 9.72. The first-order valence-corrected chi connectivity index (χ1v) is 10.9. The summed E-state index contributed by atoms with van der Waals surface area (Å²) >= 11 is 1.73. The second-order valence-corrected chi connectivity index (χ2v) is 9.29. The lowest BCUT2D eigenvalue weighted by molar-refractivity contribution is -0.153. The van der Waals surface area contributed by atoms with E-state index in [-0.39, 0.29) is 17.4 Å². The van der Waals surface area contributed by atoms with E-state index in [4.69, 9.17) is 9.47 Å². The highest BCUT2D eigenvalue weighted by molar-refractivity contribution is 7.09. The number of ether oxygens (including phenoxy) is 2. The van der Waals surface area contributed by atoms with Crippen molar-refractivity contribution in [1.29, 1.82) is 0 Å². The summed E-state index contributed by atoms with van der Waals surface area (Å²) in [5.74, 6) is 0.754. The summed E-state index contributed by atoms with van der Waals surface area (Å²) in [4.78, 5) is 19.1. The lowest BCUT2D eigenvalue weighted by Gasteiger charge is -2.46. The molecule has 0 N–H and O–H groups in total. The Morgan fingerprint density at radius 3 is 2.77 bits per heavy atom. The third-order valence-electron chi connectivity index (χ3n) is 6.40. The number of hydrogen-bond acceptors (Lipinski definition) is 5. The molecule has 2 bridgehead atoms. The molecular weight excluding hydrogens is 348 g/mol. The van der Waals surface area contributed by atoms with Crippen LogP contribution in [0.2, 0.25) is 0 Å². The second kappa shape index (κ2) is 7.95. The fourth-order valence-electron chi connectivity index (χ4n) is 4.56. The van der Waals surface area contributed by atoms with Gasteiger partial charge in [0.05, 0.1) is 36.9 Å². The Labute approximate surface area is 160 Å². The van der Waals surface area contributed by atoms with Gasteiger partial charge in [0.2, 0.25) is 5.91 Å². The first-order valence-electron chi connectivity index (χ1n) is 10.0. The largest absolute Gasteiger partial charge is 0.378 e. The van der Waals surface area contributed by atoms with Crippen LogP contribution in [0, 0.1) is 5.41 Å². The summed E-state index contributed by atoms with van der Waals surface area (Å²) in [6, 6.07) is 0. The summed E-state index contributed by atoms with van der Waals surface area (Å²) in [7, 11) is 0. The Kier molecular flexibility index (Phi) is 5.62. The lowest BCUT2D eigenvalue weighted by Crippen LogP contribution is -2.46. The molecule has 1 saturated carbocycles. The Morgan fingerprint density at radius 1 is 1.38 bits per heavy atom. The van der Waals surface area contributed by atoms with Gasteiger partial charge in [0.15, 0.2) is 0 Å². The van der Waals surface area contributed by atoms with E-state index < -0.39 is 0 Å². The van der Waals surface area contributed by atoms with Crippen LogP contribution in [0.4, 0.5) is 0 Å². The predicted molar refractivity (Wildman–Crippen MR) is 101 cm³/mol. The number of carbonyl (C=O) groups excluding carboxylic acids is 1. The van der Waals surface area contributed by atoms with Crippen LogP contribution in [0.3, 0.4) is 0 Å². The van der Waals surface area contributed by atoms with Crippen molar-refractivity contribution in [1.82, 2.24) is 9.88 Å². The molecule has 3 aliphatic heterocycles. The summed E-state index contributed by atoms with van der Waals surface area (Å²) in [6.07, 6.45) is 9.64. The first kappa shape index (κ1) is 18.4. The second-order valence-electron chi connectivity index (χ2n) is 8.36. The molecule has 1 aliphatic carbocycles. The van der Waals surface area contributed by atoms with Gasteiger partial charge in [-0.2, -0.15) is 0 Å². The van der Waals surface area contributed by atoms with Gasteiger partial charge in [-0.05, 0) is 45.4 Å². The maximum atomic E-state index is 12.6. The van der Waals surface area contributed by atoms with Gasteiger partial charge in [-0.1, -0.05) is 0 Å². The molecule has 5 rings (SSSR count). The fourth-order valence-corrected chi connectivity index (χ4v) is 5.37. The molecule has 0 aromatic carbocycles. The smallest absolute Gasteiger partial charge is 0.225 e. The zero-order chi connectivity index (χ0) is 18.0. The highest BCUT2D eigenvalue weighted by Gasteiger charge is 2.41. The number of rotatable bonds is 6. The van der Waals surface area contributed by atoms with Gasteiger partial charge in [0.25, 0.3) is 0 Å². The average molecular weight is 379 g/mol. The summed E-state index contributed by atoms with van der Waals surface area (Å²) in [6.45, 7) is 5.29. The highest BCUT2D eigenvalue weighted by Crippen LogP contribution is 2.43. The van der Waals surface area contributed by atoms with Crippen molar-refractivity contribution in [2.45, 2.75) is 70.0 Å². The maximum Gasteiger partial charge on any atom is 0.225 e. The molecule has 0 radical (unpaired) electrons. The van der Waals surface area contributed by atoms with Crippen molar-refractivity contribution in [3.63, 3.8) is 0 Å². The number of thiazole rings is 1. The molecule has 1 aromatic heterocycles. The van der Waals surface area contributed by atoms with Crippen LogP contribution in [-0.4, -0.2) is 54.3 Å². The summed E-state index contributed by atoms with van der Waals surface area (Å²) in [5.41, 5.74) is 0.206.